The van der Waals surface area contributed by atoms with Gasteiger partial charge in [0, 0.05) is 25.2 Å². The van der Waals surface area contributed by atoms with Crippen LogP contribution in [0.15, 0.2) is 24.5 Å². The van der Waals surface area contributed by atoms with Crippen LogP contribution in [-0.4, -0.2) is 47.5 Å². The second kappa shape index (κ2) is 9.33. The van der Waals surface area contributed by atoms with Gasteiger partial charge in [-0.15, -0.1) is 5.10 Å². The fourth-order valence-electron chi connectivity index (χ4n) is 3.29. The highest BCUT2D eigenvalue weighted by Gasteiger charge is 2.31. The molecular weight excluding hydrogens is 425 g/mol. The van der Waals surface area contributed by atoms with E-state index in [1.807, 2.05) is 22.5 Å². The first kappa shape index (κ1) is 21.9. The van der Waals surface area contributed by atoms with Gasteiger partial charge < -0.3 is 9.64 Å². The second-order valence-electron chi connectivity index (χ2n) is 6.71. The van der Waals surface area contributed by atoms with Gasteiger partial charge in [-0.25, -0.2) is 0 Å². The number of hydrazine groups is 1. The van der Waals surface area contributed by atoms with Crippen LogP contribution in [0.3, 0.4) is 0 Å². The van der Waals surface area contributed by atoms with Crippen LogP contribution in [0.4, 0.5) is 24.7 Å². The number of anilines is 2. The summed E-state index contributed by atoms with van der Waals surface area (Å²) in [6.45, 7) is 1.32. The zero-order valence-corrected chi connectivity index (χ0v) is 16.8. The number of ether oxygens (including phenoxy) is 1. The Morgan fingerprint density at radius 1 is 1.37 bits per heavy atom. The average Bonchev–Trinajstić information content (AvgIpc) is 2.72. The third-order valence-electron chi connectivity index (χ3n) is 4.69. The minimum absolute atomic E-state index is 0.0294. The number of hydrogen-bond acceptors (Lipinski definition) is 7. The number of amides is 1. The van der Waals surface area contributed by atoms with Crippen molar-refractivity contribution in [1.29, 1.82) is 0 Å². The van der Waals surface area contributed by atoms with E-state index in [0.717, 1.165) is 24.3 Å². The quantitative estimate of drug-likeness (QED) is 0.660. The summed E-state index contributed by atoms with van der Waals surface area (Å²) in [5, 5.41) is 7.74. The Morgan fingerprint density at radius 3 is 2.77 bits per heavy atom. The number of aromatic nitrogens is 3. The molecule has 3 heterocycles. The minimum Gasteiger partial charge on any atom is -0.495 e. The predicted octanol–water partition coefficient (Wildman–Crippen LogP) is 3.31. The molecular formula is C18H20ClF3N6O2. The van der Waals surface area contributed by atoms with Crippen LogP contribution in [0, 0.1) is 0 Å². The number of piperidine rings is 1. The van der Waals surface area contributed by atoms with E-state index in [1.165, 1.54) is 6.20 Å². The molecule has 1 aliphatic heterocycles. The molecule has 0 aliphatic carbocycles. The van der Waals surface area contributed by atoms with Gasteiger partial charge in [0.2, 0.25) is 5.91 Å². The van der Waals surface area contributed by atoms with Gasteiger partial charge in [0.05, 0.1) is 24.7 Å². The summed E-state index contributed by atoms with van der Waals surface area (Å²) >= 11 is 6.35. The Bertz CT molecular complexity index is 890. The Hall–Kier alpha value is -2.82. The van der Waals surface area contributed by atoms with Gasteiger partial charge in [0.25, 0.3) is 0 Å². The van der Waals surface area contributed by atoms with E-state index in [2.05, 4.69) is 20.6 Å². The summed E-state index contributed by atoms with van der Waals surface area (Å²) in [6, 6.07) is 3.70. The molecule has 8 nitrogen and oxygen atoms in total. The number of nitrogens with one attached hydrogen (secondary N) is 2. The molecule has 0 atom stereocenters. The summed E-state index contributed by atoms with van der Waals surface area (Å²) in [4.78, 5) is 17.8. The van der Waals surface area contributed by atoms with Crippen LogP contribution in [0.25, 0.3) is 0 Å². The molecule has 2 N–H and O–H groups in total. The second-order valence-corrected chi connectivity index (χ2v) is 7.09. The van der Waals surface area contributed by atoms with Crippen molar-refractivity contribution in [2.75, 3.05) is 30.5 Å². The van der Waals surface area contributed by atoms with Crippen LogP contribution >= 0.6 is 11.6 Å². The smallest absolute Gasteiger partial charge is 0.397 e. The van der Waals surface area contributed by atoms with E-state index in [9.17, 15) is 18.0 Å². The van der Waals surface area contributed by atoms with Crippen LogP contribution in [0.1, 0.15) is 30.9 Å². The summed E-state index contributed by atoms with van der Waals surface area (Å²) in [6.07, 6.45) is -1.40. The average molecular weight is 445 g/mol. The molecule has 30 heavy (non-hydrogen) atoms. The molecule has 12 heteroatoms. The Morgan fingerprint density at radius 2 is 2.10 bits per heavy atom. The van der Waals surface area contributed by atoms with Crippen molar-refractivity contribution in [2.45, 2.75) is 31.4 Å². The highest BCUT2D eigenvalue weighted by Crippen LogP contribution is 2.37. The molecule has 0 unspecified atom stereocenters. The van der Waals surface area contributed by atoms with E-state index in [4.69, 9.17) is 16.3 Å². The topological polar surface area (TPSA) is 92.3 Å². The number of methoxy groups -OCH3 is 1. The van der Waals surface area contributed by atoms with Crippen molar-refractivity contribution in [2.24, 2.45) is 0 Å². The van der Waals surface area contributed by atoms with Crippen molar-refractivity contribution < 1.29 is 22.7 Å². The number of halogens is 4. The number of alkyl halides is 3. The van der Waals surface area contributed by atoms with Crippen LogP contribution < -0.4 is 20.5 Å². The predicted molar refractivity (Wildman–Crippen MR) is 104 cm³/mol. The maximum atomic E-state index is 12.3. The largest absolute Gasteiger partial charge is 0.495 e. The molecule has 0 saturated carbocycles. The molecule has 2 aromatic rings. The molecule has 2 aromatic heterocycles. The summed E-state index contributed by atoms with van der Waals surface area (Å²) in [5.41, 5.74) is 5.72. The lowest BCUT2D eigenvalue weighted by molar-refractivity contribution is -0.153. The van der Waals surface area contributed by atoms with Gasteiger partial charge in [0.15, 0.2) is 5.82 Å². The van der Waals surface area contributed by atoms with Gasteiger partial charge >= 0.3 is 6.18 Å². The lowest BCUT2D eigenvalue weighted by atomic mass is 9.92. The van der Waals surface area contributed by atoms with Crippen molar-refractivity contribution >= 4 is 29.0 Å². The molecule has 1 saturated heterocycles. The Balaban J connectivity index is 1.63. The zero-order valence-electron chi connectivity index (χ0n) is 16.0. The van der Waals surface area contributed by atoms with E-state index >= 15 is 0 Å². The van der Waals surface area contributed by atoms with Crippen molar-refractivity contribution in [1.82, 2.24) is 20.6 Å². The van der Waals surface area contributed by atoms with Crippen molar-refractivity contribution in [3.8, 4) is 5.75 Å². The molecule has 0 bridgehead atoms. The number of nitrogens with zero attached hydrogens (tertiary/aromatic N) is 4. The third kappa shape index (κ3) is 5.41. The highest BCUT2D eigenvalue weighted by atomic mass is 35.5. The number of pyridine rings is 1. The van der Waals surface area contributed by atoms with Gasteiger partial charge in [0.1, 0.15) is 17.2 Å². The fraction of sp³-hybridized carbons (Fsp3) is 0.444. The molecule has 3 rings (SSSR count). The summed E-state index contributed by atoms with van der Waals surface area (Å²) in [7, 11) is 1.61. The lowest BCUT2D eigenvalue weighted by Gasteiger charge is -2.34. The first-order chi connectivity index (χ1) is 14.3. The first-order valence-corrected chi connectivity index (χ1v) is 9.53. The lowest BCUT2D eigenvalue weighted by Crippen LogP contribution is -2.35. The van der Waals surface area contributed by atoms with Gasteiger partial charge in [-0.1, -0.05) is 11.6 Å². The molecule has 1 amide bonds. The zero-order chi connectivity index (χ0) is 21.7. The van der Waals surface area contributed by atoms with E-state index in [1.54, 1.807) is 13.3 Å². The highest BCUT2D eigenvalue weighted by molar-refractivity contribution is 6.35. The molecule has 0 aromatic carbocycles. The van der Waals surface area contributed by atoms with E-state index in [0.29, 0.717) is 18.8 Å². The number of hydrogen-bond donors (Lipinski definition) is 2. The minimum atomic E-state index is -4.61. The SMILES string of the molecule is COc1cccnc1C1CCN(c2cnnc(NNC(=O)CC(F)(F)F)c2Cl)CC1. The van der Waals surface area contributed by atoms with Gasteiger partial charge in [-0.05, 0) is 25.0 Å². The van der Waals surface area contributed by atoms with Crippen LogP contribution in [-0.2, 0) is 4.79 Å². The van der Waals surface area contributed by atoms with Crippen LogP contribution in [0.5, 0.6) is 5.75 Å². The van der Waals surface area contributed by atoms with E-state index < -0.39 is 18.5 Å². The third-order valence-corrected chi connectivity index (χ3v) is 5.07. The molecule has 0 radical (unpaired) electrons. The number of rotatable bonds is 6. The first-order valence-electron chi connectivity index (χ1n) is 9.15. The normalized spacial score (nSPS) is 15.0. The number of carbonyl (C=O) groups excluding carboxylic acids is 1. The number of carbonyl (C=O) groups is 1. The fourth-order valence-corrected chi connectivity index (χ4v) is 3.55. The van der Waals surface area contributed by atoms with Gasteiger partial charge in [-0.3, -0.25) is 20.6 Å². The molecule has 1 aliphatic rings. The van der Waals surface area contributed by atoms with E-state index in [-0.39, 0.29) is 16.8 Å². The maximum absolute atomic E-state index is 12.3. The van der Waals surface area contributed by atoms with Crippen LogP contribution in [0.2, 0.25) is 5.02 Å². The van der Waals surface area contributed by atoms with Crippen molar-refractivity contribution in [3.05, 3.63) is 35.2 Å². The molecule has 0 spiro atoms. The monoisotopic (exact) mass is 444 g/mol. The maximum Gasteiger partial charge on any atom is 0.397 e. The van der Waals surface area contributed by atoms with Gasteiger partial charge in [-0.2, -0.15) is 18.3 Å². The standard InChI is InChI=1S/C18H20ClF3N6O2/c1-30-13-3-2-6-23-16(13)11-4-7-28(8-5-11)12-10-24-26-17(15(12)19)27-25-14(29)9-18(20,21)22/h2-3,6,10-11H,4-5,7-9H2,1H3,(H,25,29)(H,26,27). The Kier molecular flexibility index (Phi) is 6.80. The molecule has 162 valence electrons. The van der Waals surface area contributed by atoms with Crippen molar-refractivity contribution in [3.63, 3.8) is 0 Å². The summed E-state index contributed by atoms with van der Waals surface area (Å²) < 4.78 is 42.2. The summed E-state index contributed by atoms with van der Waals surface area (Å²) in [5.74, 6) is -0.306. The molecule has 1 fully saturated rings. The Labute approximate surface area is 175 Å².